The van der Waals surface area contributed by atoms with E-state index in [0.29, 0.717) is 29.1 Å². The van der Waals surface area contributed by atoms with Gasteiger partial charge in [-0.25, -0.2) is 4.39 Å². The van der Waals surface area contributed by atoms with Crippen molar-refractivity contribution in [3.63, 3.8) is 0 Å². The van der Waals surface area contributed by atoms with Gasteiger partial charge in [0.25, 0.3) is 0 Å². The molecule has 16 heavy (non-hydrogen) atoms. The van der Waals surface area contributed by atoms with Gasteiger partial charge in [0.05, 0.1) is 17.3 Å². The minimum Gasteiger partial charge on any atom is -0.379 e. The smallest absolute Gasteiger partial charge is 0.147 e. The van der Waals surface area contributed by atoms with Crippen LogP contribution in [0.2, 0.25) is 0 Å². The van der Waals surface area contributed by atoms with Crippen molar-refractivity contribution in [2.45, 2.75) is 6.04 Å². The van der Waals surface area contributed by atoms with Crippen LogP contribution in [-0.4, -0.2) is 19.1 Å². The third-order valence-electron chi connectivity index (χ3n) is 3.51. The molecule has 4 heteroatoms. The summed E-state index contributed by atoms with van der Waals surface area (Å²) in [6, 6.07) is 6.90. The molecule has 0 spiro atoms. The van der Waals surface area contributed by atoms with Crippen molar-refractivity contribution >= 4 is 5.69 Å². The zero-order valence-corrected chi connectivity index (χ0v) is 8.70. The van der Waals surface area contributed by atoms with E-state index in [1.807, 2.05) is 6.07 Å². The van der Waals surface area contributed by atoms with Crippen LogP contribution < -0.4 is 10.6 Å². The highest BCUT2D eigenvalue weighted by Crippen LogP contribution is 2.43. The van der Waals surface area contributed by atoms with Crippen LogP contribution in [0.25, 0.3) is 0 Å². The number of nitrogens with zero attached hydrogens (tertiary/aromatic N) is 1. The summed E-state index contributed by atoms with van der Waals surface area (Å²) in [7, 11) is 0. The predicted molar refractivity (Wildman–Crippen MR) is 58.4 cm³/mol. The highest BCUT2D eigenvalue weighted by molar-refractivity contribution is 5.51. The average Bonchev–Trinajstić information content (AvgIpc) is 2.75. The Morgan fingerprint density at radius 3 is 2.75 bits per heavy atom. The van der Waals surface area contributed by atoms with Crippen LogP contribution in [0.4, 0.5) is 10.1 Å². The molecule has 0 aromatic heterocycles. The van der Waals surface area contributed by atoms with Crippen LogP contribution >= 0.6 is 0 Å². The maximum atomic E-state index is 13.6. The van der Waals surface area contributed by atoms with Crippen LogP contribution in [0.1, 0.15) is 5.56 Å². The fourth-order valence-electron chi connectivity index (χ4n) is 2.51. The Bertz CT molecular complexity index is 456. The van der Waals surface area contributed by atoms with E-state index in [0.717, 1.165) is 13.1 Å². The molecular weight excluding hydrogens is 205 g/mol. The average molecular weight is 217 g/mol. The summed E-state index contributed by atoms with van der Waals surface area (Å²) in [6.07, 6.45) is 0. The molecule has 2 atom stereocenters. The molecule has 1 saturated carbocycles. The molecule has 0 amide bonds. The van der Waals surface area contributed by atoms with Crippen LogP contribution in [0.3, 0.4) is 0 Å². The van der Waals surface area contributed by atoms with Gasteiger partial charge in [-0.2, -0.15) is 5.26 Å². The second kappa shape index (κ2) is 3.46. The van der Waals surface area contributed by atoms with E-state index in [9.17, 15) is 4.39 Å². The highest BCUT2D eigenvalue weighted by atomic mass is 19.1. The molecule has 1 aliphatic carbocycles. The van der Waals surface area contributed by atoms with Gasteiger partial charge in [0.1, 0.15) is 5.82 Å². The zero-order valence-electron chi connectivity index (χ0n) is 8.70. The molecule has 3 rings (SSSR count). The Morgan fingerprint density at radius 2 is 2.12 bits per heavy atom. The monoisotopic (exact) mass is 217 g/mol. The van der Waals surface area contributed by atoms with Crippen molar-refractivity contribution in [1.82, 2.24) is 5.32 Å². The van der Waals surface area contributed by atoms with Gasteiger partial charge >= 0.3 is 0 Å². The third kappa shape index (κ3) is 1.44. The van der Waals surface area contributed by atoms with Crippen molar-refractivity contribution in [3.8, 4) is 6.07 Å². The van der Waals surface area contributed by atoms with E-state index < -0.39 is 0 Å². The van der Waals surface area contributed by atoms with E-state index >= 15 is 0 Å². The number of halogens is 1. The summed E-state index contributed by atoms with van der Waals surface area (Å²) in [4.78, 5) is 0. The molecule has 2 aliphatic rings. The van der Waals surface area contributed by atoms with Crippen LogP contribution in [0, 0.1) is 29.0 Å². The number of nitrogens with one attached hydrogen (secondary N) is 2. The molecule has 82 valence electrons. The highest BCUT2D eigenvalue weighted by Gasteiger charge is 2.53. The number of fused-ring (bicyclic) bond motifs is 1. The number of hydrogen-bond acceptors (Lipinski definition) is 3. The first kappa shape index (κ1) is 9.61. The molecule has 2 unspecified atom stereocenters. The number of nitriles is 1. The summed E-state index contributed by atoms with van der Waals surface area (Å²) >= 11 is 0. The first-order valence-electron chi connectivity index (χ1n) is 5.46. The van der Waals surface area contributed by atoms with E-state index in [1.54, 1.807) is 12.1 Å². The van der Waals surface area contributed by atoms with Gasteiger partial charge in [-0.1, -0.05) is 0 Å². The Balaban J connectivity index is 1.74. The molecule has 0 radical (unpaired) electrons. The van der Waals surface area contributed by atoms with Gasteiger partial charge in [0, 0.05) is 19.1 Å². The molecule has 1 aromatic rings. The molecule has 0 bridgehead atoms. The van der Waals surface area contributed by atoms with Crippen molar-refractivity contribution in [1.29, 1.82) is 5.26 Å². The van der Waals surface area contributed by atoms with Crippen molar-refractivity contribution in [2.75, 3.05) is 18.4 Å². The SMILES string of the molecule is N#Cc1ccc(NC2C3CNCC32)c(F)c1. The Labute approximate surface area is 93.3 Å². The molecule has 2 fully saturated rings. The minimum atomic E-state index is -0.336. The number of rotatable bonds is 2. The van der Waals surface area contributed by atoms with E-state index in [1.165, 1.54) is 6.07 Å². The van der Waals surface area contributed by atoms with Gasteiger partial charge in [-0.3, -0.25) is 0 Å². The molecule has 1 aliphatic heterocycles. The maximum Gasteiger partial charge on any atom is 0.147 e. The second-order valence-corrected chi connectivity index (χ2v) is 4.46. The van der Waals surface area contributed by atoms with Gasteiger partial charge in [-0.05, 0) is 30.0 Å². The molecule has 1 aromatic carbocycles. The summed E-state index contributed by atoms with van der Waals surface area (Å²) in [5.41, 5.74) is 0.874. The van der Waals surface area contributed by atoms with Gasteiger partial charge < -0.3 is 10.6 Å². The Hall–Kier alpha value is -1.60. The number of hydrogen-bond donors (Lipinski definition) is 2. The largest absolute Gasteiger partial charge is 0.379 e. The van der Waals surface area contributed by atoms with Crippen LogP contribution in [0.5, 0.6) is 0 Å². The zero-order chi connectivity index (χ0) is 11.1. The lowest BCUT2D eigenvalue weighted by Crippen LogP contribution is -2.21. The lowest BCUT2D eigenvalue weighted by molar-refractivity contribution is 0.625. The summed E-state index contributed by atoms with van der Waals surface area (Å²) in [6.45, 7) is 2.06. The standard InChI is InChI=1S/C12H12FN3/c13-10-3-7(4-14)1-2-11(10)16-12-8-5-15-6-9(8)12/h1-3,8-9,12,15-16H,5-6H2. The van der Waals surface area contributed by atoms with E-state index in [4.69, 9.17) is 5.26 Å². The van der Waals surface area contributed by atoms with Crippen molar-refractivity contribution in [2.24, 2.45) is 11.8 Å². The molecule has 3 nitrogen and oxygen atoms in total. The molecule has 1 heterocycles. The molecule has 2 N–H and O–H groups in total. The summed E-state index contributed by atoms with van der Waals surface area (Å²) < 4.78 is 13.6. The van der Waals surface area contributed by atoms with Crippen molar-refractivity contribution in [3.05, 3.63) is 29.6 Å². The first-order valence-corrected chi connectivity index (χ1v) is 5.46. The lowest BCUT2D eigenvalue weighted by Gasteiger charge is -2.09. The number of piperidine rings is 1. The summed E-state index contributed by atoms with van der Waals surface area (Å²) in [5.74, 6) is 0.960. The predicted octanol–water partition coefficient (Wildman–Crippen LogP) is 1.33. The van der Waals surface area contributed by atoms with Crippen molar-refractivity contribution < 1.29 is 4.39 Å². The maximum absolute atomic E-state index is 13.6. The third-order valence-corrected chi connectivity index (χ3v) is 3.51. The Morgan fingerprint density at radius 1 is 1.38 bits per heavy atom. The Kier molecular flexibility index (Phi) is 2.08. The van der Waals surface area contributed by atoms with Gasteiger partial charge in [0.15, 0.2) is 0 Å². The normalized spacial score (nSPS) is 30.6. The van der Waals surface area contributed by atoms with Gasteiger partial charge in [-0.15, -0.1) is 0 Å². The molecule has 1 saturated heterocycles. The lowest BCUT2D eigenvalue weighted by atomic mass is 10.2. The van der Waals surface area contributed by atoms with Crippen LogP contribution in [0.15, 0.2) is 18.2 Å². The topological polar surface area (TPSA) is 47.9 Å². The van der Waals surface area contributed by atoms with E-state index in [-0.39, 0.29) is 5.82 Å². The van der Waals surface area contributed by atoms with Gasteiger partial charge in [0.2, 0.25) is 0 Å². The van der Waals surface area contributed by atoms with E-state index in [2.05, 4.69) is 10.6 Å². The summed E-state index contributed by atoms with van der Waals surface area (Å²) in [5, 5.41) is 15.1. The quantitative estimate of drug-likeness (QED) is 0.785. The first-order chi connectivity index (χ1) is 7.79. The number of benzene rings is 1. The second-order valence-electron chi connectivity index (χ2n) is 4.46. The minimum absolute atomic E-state index is 0.336. The van der Waals surface area contributed by atoms with Crippen LogP contribution in [-0.2, 0) is 0 Å². The fraction of sp³-hybridized carbons (Fsp3) is 0.417. The molecular formula is C12H12FN3. The fourth-order valence-corrected chi connectivity index (χ4v) is 2.51. The number of anilines is 1.